The first-order valence-corrected chi connectivity index (χ1v) is 8.96. The maximum absolute atomic E-state index is 10.4. The number of aryl methyl sites for hydroxylation is 1. The molecule has 4 nitrogen and oxygen atoms in total. The molecule has 24 heavy (non-hydrogen) atoms. The summed E-state index contributed by atoms with van der Waals surface area (Å²) in [7, 11) is -4.27. The van der Waals surface area contributed by atoms with Crippen LogP contribution in [-0.2, 0) is 10.1 Å². The van der Waals surface area contributed by atoms with Crippen molar-refractivity contribution in [2.75, 3.05) is 26.2 Å². The van der Waals surface area contributed by atoms with E-state index in [0.717, 1.165) is 36.2 Å². The van der Waals surface area contributed by atoms with Gasteiger partial charge >= 0.3 is 0 Å². The Hall–Kier alpha value is -1.95. The Morgan fingerprint density at radius 1 is 0.875 bits per heavy atom. The summed E-state index contributed by atoms with van der Waals surface area (Å²) in [5.74, 6) is 0. The van der Waals surface area contributed by atoms with Crippen molar-refractivity contribution in [2.45, 2.75) is 11.8 Å². The summed E-state index contributed by atoms with van der Waals surface area (Å²) >= 11 is 0. The molecule has 0 aliphatic heterocycles. The third-order valence-corrected chi connectivity index (χ3v) is 4.22. The van der Waals surface area contributed by atoms with Crippen molar-refractivity contribution in [1.29, 1.82) is 0 Å². The fraction of sp³-hybridized carbons (Fsp3) is 0.263. The SMILES string of the molecule is C=CC[N+](CC=C)(CC=C)CC=C.Cc1ccc(S(=O)(=O)[O-])cc1. The quantitative estimate of drug-likeness (QED) is 0.390. The topological polar surface area (TPSA) is 57.2 Å². The molecule has 0 radical (unpaired) electrons. The van der Waals surface area contributed by atoms with Crippen LogP contribution >= 0.6 is 0 Å². The van der Waals surface area contributed by atoms with Gasteiger partial charge in [-0.05, 0) is 43.4 Å². The Kier molecular flexibility index (Phi) is 9.88. The van der Waals surface area contributed by atoms with Crippen molar-refractivity contribution in [3.63, 3.8) is 0 Å². The van der Waals surface area contributed by atoms with Gasteiger partial charge in [0.1, 0.15) is 10.1 Å². The van der Waals surface area contributed by atoms with Gasteiger partial charge in [0, 0.05) is 0 Å². The molecule has 0 N–H and O–H groups in total. The molecule has 0 aromatic heterocycles. The van der Waals surface area contributed by atoms with Gasteiger partial charge in [-0.3, -0.25) is 0 Å². The second-order valence-electron chi connectivity index (χ2n) is 5.49. The van der Waals surface area contributed by atoms with Crippen LogP contribution in [0.4, 0.5) is 0 Å². The number of hydrogen-bond acceptors (Lipinski definition) is 3. The van der Waals surface area contributed by atoms with Gasteiger partial charge in [0.25, 0.3) is 0 Å². The zero-order valence-electron chi connectivity index (χ0n) is 14.4. The van der Waals surface area contributed by atoms with E-state index in [2.05, 4.69) is 26.3 Å². The molecule has 0 aliphatic carbocycles. The van der Waals surface area contributed by atoms with Crippen LogP contribution in [-0.4, -0.2) is 43.6 Å². The van der Waals surface area contributed by atoms with E-state index in [1.54, 1.807) is 12.1 Å². The lowest BCUT2D eigenvalue weighted by Crippen LogP contribution is -2.48. The fourth-order valence-corrected chi connectivity index (χ4v) is 2.72. The number of hydrogen-bond donors (Lipinski definition) is 0. The molecule has 5 heteroatoms. The number of rotatable bonds is 9. The van der Waals surface area contributed by atoms with E-state index in [0.29, 0.717) is 0 Å². The minimum absolute atomic E-state index is 0.178. The van der Waals surface area contributed by atoms with Gasteiger partial charge < -0.3 is 9.04 Å². The zero-order valence-corrected chi connectivity index (χ0v) is 15.2. The van der Waals surface area contributed by atoms with Gasteiger partial charge in [-0.1, -0.05) is 44.0 Å². The fourth-order valence-electron chi connectivity index (χ4n) is 2.25. The van der Waals surface area contributed by atoms with Crippen molar-refractivity contribution in [1.82, 2.24) is 0 Å². The molecule has 0 heterocycles. The van der Waals surface area contributed by atoms with Crippen LogP contribution in [0.2, 0.25) is 0 Å². The molecule has 1 rings (SSSR count). The van der Waals surface area contributed by atoms with Crippen LogP contribution in [0.1, 0.15) is 5.56 Å². The van der Waals surface area contributed by atoms with Crippen LogP contribution in [0.25, 0.3) is 0 Å². The maximum Gasteiger partial charge on any atom is 0.124 e. The summed E-state index contributed by atoms with van der Waals surface area (Å²) < 4.78 is 32.1. The first-order chi connectivity index (χ1) is 11.2. The lowest BCUT2D eigenvalue weighted by molar-refractivity contribution is -0.906. The van der Waals surface area contributed by atoms with Crippen molar-refractivity contribution in [3.05, 3.63) is 80.4 Å². The van der Waals surface area contributed by atoms with Crippen LogP contribution in [0.3, 0.4) is 0 Å². The third kappa shape index (κ3) is 8.06. The highest BCUT2D eigenvalue weighted by molar-refractivity contribution is 7.85. The largest absolute Gasteiger partial charge is 0.744 e. The molecule has 0 fully saturated rings. The molecule has 0 atom stereocenters. The van der Waals surface area contributed by atoms with Gasteiger partial charge in [0.2, 0.25) is 0 Å². The minimum atomic E-state index is -4.27. The highest BCUT2D eigenvalue weighted by Crippen LogP contribution is 2.09. The van der Waals surface area contributed by atoms with Gasteiger partial charge in [0.05, 0.1) is 31.1 Å². The van der Waals surface area contributed by atoms with Crippen molar-refractivity contribution in [3.8, 4) is 0 Å². The van der Waals surface area contributed by atoms with Gasteiger partial charge in [-0.2, -0.15) is 0 Å². The predicted molar refractivity (Wildman–Crippen MR) is 99.7 cm³/mol. The van der Waals surface area contributed by atoms with Crippen molar-refractivity contribution in [2.24, 2.45) is 0 Å². The highest BCUT2D eigenvalue weighted by Gasteiger charge is 2.20. The monoisotopic (exact) mass is 349 g/mol. The standard InChI is InChI=1S/C12H20N.C7H8O3S/c1-5-9-13(10-6-2,11-7-3)12-8-4;1-6-2-4-7(5-3-6)11(8,9)10/h5-8H,1-4,9-12H2;2-5H,1H3,(H,8,9,10)/q+1;/p-1. The van der Waals surface area contributed by atoms with Crippen LogP contribution in [0.15, 0.2) is 79.8 Å². The first kappa shape index (κ1) is 22.1. The molecule has 0 saturated heterocycles. The summed E-state index contributed by atoms with van der Waals surface area (Å²) in [6.07, 6.45) is 7.76. The second kappa shape index (κ2) is 10.8. The molecule has 132 valence electrons. The Labute approximate surface area is 146 Å². The van der Waals surface area contributed by atoms with Crippen molar-refractivity contribution >= 4 is 10.1 Å². The predicted octanol–water partition coefficient (Wildman–Crippen LogP) is 3.45. The Balaban J connectivity index is 0.000000446. The lowest BCUT2D eigenvalue weighted by atomic mass is 10.2. The average Bonchev–Trinajstić information content (AvgIpc) is 2.48. The Morgan fingerprint density at radius 3 is 1.46 bits per heavy atom. The molecule has 1 aromatic carbocycles. The summed E-state index contributed by atoms with van der Waals surface area (Å²) in [6, 6.07) is 5.78. The summed E-state index contributed by atoms with van der Waals surface area (Å²) in [6.45, 7) is 20.7. The normalized spacial score (nSPS) is 10.9. The van der Waals surface area contributed by atoms with E-state index in [9.17, 15) is 13.0 Å². The van der Waals surface area contributed by atoms with E-state index in [1.165, 1.54) is 12.1 Å². The van der Waals surface area contributed by atoms with E-state index < -0.39 is 10.1 Å². The van der Waals surface area contributed by atoms with Gasteiger partial charge in [-0.25, -0.2) is 8.42 Å². The van der Waals surface area contributed by atoms with E-state index >= 15 is 0 Å². The minimum Gasteiger partial charge on any atom is -0.744 e. The Bertz CT molecular complexity index is 600. The first-order valence-electron chi connectivity index (χ1n) is 7.56. The van der Waals surface area contributed by atoms with E-state index in [-0.39, 0.29) is 4.90 Å². The maximum atomic E-state index is 10.4. The smallest absolute Gasteiger partial charge is 0.124 e. The van der Waals surface area contributed by atoms with E-state index in [4.69, 9.17) is 0 Å². The van der Waals surface area contributed by atoms with E-state index in [1.807, 2.05) is 31.2 Å². The molecule has 1 aromatic rings. The molecular formula is C19H27NO3S. The number of benzene rings is 1. The number of quaternary nitrogens is 1. The molecule has 0 unspecified atom stereocenters. The molecule has 0 saturated carbocycles. The van der Waals surface area contributed by atoms with Crippen molar-refractivity contribution < 1.29 is 17.5 Å². The molecule has 0 bridgehead atoms. The van der Waals surface area contributed by atoms with Gasteiger partial charge in [-0.15, -0.1) is 0 Å². The third-order valence-electron chi connectivity index (χ3n) is 3.38. The van der Waals surface area contributed by atoms with Crippen LogP contribution in [0.5, 0.6) is 0 Å². The zero-order chi connectivity index (χ0) is 18.6. The second-order valence-corrected chi connectivity index (χ2v) is 6.87. The Morgan fingerprint density at radius 2 is 1.21 bits per heavy atom. The van der Waals surface area contributed by atoms with Gasteiger partial charge in [0.15, 0.2) is 0 Å². The molecule has 0 spiro atoms. The molecule has 0 amide bonds. The highest BCUT2D eigenvalue weighted by atomic mass is 32.2. The summed E-state index contributed by atoms with van der Waals surface area (Å²) in [4.78, 5) is -0.178. The molecular weight excluding hydrogens is 322 g/mol. The molecule has 0 aliphatic rings. The van der Waals surface area contributed by atoms with Crippen LogP contribution in [0, 0.1) is 6.92 Å². The average molecular weight is 349 g/mol. The summed E-state index contributed by atoms with van der Waals surface area (Å²) in [5, 5.41) is 0. The van der Waals surface area contributed by atoms with Crippen LogP contribution < -0.4 is 0 Å². The summed E-state index contributed by atoms with van der Waals surface area (Å²) in [5.41, 5.74) is 0.928. The lowest BCUT2D eigenvalue weighted by Gasteiger charge is -2.35. The number of nitrogens with zero attached hydrogens (tertiary/aromatic N) is 1.